The van der Waals surface area contributed by atoms with Crippen LogP contribution < -0.4 is 0 Å². The van der Waals surface area contributed by atoms with Crippen LogP contribution in [0.2, 0.25) is 0 Å². The Kier molecular flexibility index (Phi) is 3.01. The average molecular weight is 264 g/mol. The molecule has 3 rings (SSSR count). The number of fused-ring (bicyclic) bond motifs is 1. The van der Waals surface area contributed by atoms with E-state index < -0.39 is 0 Å². The van der Waals surface area contributed by atoms with Crippen LogP contribution in [0.1, 0.15) is 50.8 Å². The van der Waals surface area contributed by atoms with Gasteiger partial charge in [0.05, 0.1) is 5.69 Å². The van der Waals surface area contributed by atoms with Crippen molar-refractivity contribution in [2.75, 3.05) is 0 Å². The fourth-order valence-corrected chi connectivity index (χ4v) is 3.46. The van der Waals surface area contributed by atoms with Crippen molar-refractivity contribution in [3.63, 3.8) is 0 Å². The van der Waals surface area contributed by atoms with E-state index in [1.807, 2.05) is 6.92 Å². The van der Waals surface area contributed by atoms with Crippen LogP contribution in [-0.2, 0) is 6.54 Å². The fourth-order valence-electron chi connectivity index (χ4n) is 3.12. The Morgan fingerprint density at radius 1 is 1.33 bits per heavy atom. The Bertz CT molecular complexity index is 613. The van der Waals surface area contributed by atoms with E-state index in [2.05, 4.69) is 26.3 Å². The molecule has 0 aliphatic heterocycles. The number of aromatic amines is 1. The lowest BCUT2D eigenvalue weighted by Crippen LogP contribution is -2.15. The lowest BCUT2D eigenvalue weighted by Gasteiger charge is -2.23. The van der Waals surface area contributed by atoms with E-state index in [4.69, 9.17) is 12.2 Å². The molecule has 1 saturated carbocycles. The third-order valence-electron chi connectivity index (χ3n) is 4.02. The number of nitrogens with zero attached hydrogens (tertiary/aromatic N) is 3. The second kappa shape index (κ2) is 4.53. The summed E-state index contributed by atoms with van der Waals surface area (Å²) < 4.78 is 5.25. The summed E-state index contributed by atoms with van der Waals surface area (Å²) in [4.78, 5) is 3.34. The zero-order valence-corrected chi connectivity index (χ0v) is 11.9. The van der Waals surface area contributed by atoms with Gasteiger partial charge in [-0.25, -0.2) is 4.68 Å². The van der Waals surface area contributed by atoms with Crippen molar-refractivity contribution in [3.8, 4) is 0 Å². The molecule has 1 aliphatic rings. The number of hydrogen-bond acceptors (Lipinski definition) is 2. The van der Waals surface area contributed by atoms with Gasteiger partial charge >= 0.3 is 0 Å². The van der Waals surface area contributed by atoms with Crippen LogP contribution in [-0.4, -0.2) is 19.3 Å². The smallest absolute Gasteiger partial charge is 0.179 e. The highest BCUT2D eigenvalue weighted by Crippen LogP contribution is 2.32. The number of rotatable bonds is 2. The first kappa shape index (κ1) is 12.0. The van der Waals surface area contributed by atoms with Crippen molar-refractivity contribution in [2.24, 2.45) is 0 Å². The zero-order valence-electron chi connectivity index (χ0n) is 11.1. The molecule has 4 nitrogen and oxygen atoms in total. The molecule has 2 aromatic heterocycles. The highest BCUT2D eigenvalue weighted by molar-refractivity contribution is 7.71. The average Bonchev–Trinajstić information content (AvgIpc) is 2.88. The largest absolute Gasteiger partial charge is 0.328 e. The standard InChI is InChI=1S/C13H20N4S/c1-3-16-12-11(9(2)15-16)14-13(18)17(12)10-7-5-4-6-8-10/h10H,3-8H2,1-2H3,(H,14,18). The first-order valence-corrected chi connectivity index (χ1v) is 7.30. The van der Waals surface area contributed by atoms with Gasteiger partial charge in [-0.1, -0.05) is 19.3 Å². The van der Waals surface area contributed by atoms with Crippen molar-refractivity contribution in [2.45, 2.75) is 58.5 Å². The maximum Gasteiger partial charge on any atom is 0.179 e. The minimum absolute atomic E-state index is 0.557. The fraction of sp³-hybridized carbons (Fsp3) is 0.692. The van der Waals surface area contributed by atoms with Crippen molar-refractivity contribution in [1.29, 1.82) is 0 Å². The van der Waals surface area contributed by atoms with Crippen molar-refractivity contribution in [3.05, 3.63) is 10.5 Å². The van der Waals surface area contributed by atoms with Gasteiger partial charge < -0.3 is 4.98 Å². The van der Waals surface area contributed by atoms with E-state index in [0.717, 1.165) is 22.5 Å². The second-order valence-corrected chi connectivity index (χ2v) is 5.58. The SMILES string of the molecule is CCn1nc(C)c2[nH]c(=S)n(C3CCCCC3)c21. The summed E-state index contributed by atoms with van der Waals surface area (Å²) in [5.74, 6) is 0. The first-order valence-electron chi connectivity index (χ1n) is 6.90. The summed E-state index contributed by atoms with van der Waals surface area (Å²) in [5.41, 5.74) is 3.35. The number of aryl methyl sites for hydroxylation is 2. The lowest BCUT2D eigenvalue weighted by molar-refractivity contribution is 0.353. The van der Waals surface area contributed by atoms with Crippen LogP contribution in [0.3, 0.4) is 0 Å². The normalized spacial score (nSPS) is 17.7. The minimum Gasteiger partial charge on any atom is -0.328 e. The Morgan fingerprint density at radius 3 is 2.72 bits per heavy atom. The molecule has 2 heterocycles. The van der Waals surface area contributed by atoms with Gasteiger partial charge in [-0.05, 0) is 38.9 Å². The van der Waals surface area contributed by atoms with Gasteiger partial charge in [0.25, 0.3) is 0 Å². The Labute approximate surface area is 112 Å². The van der Waals surface area contributed by atoms with E-state index in [1.54, 1.807) is 0 Å². The molecule has 0 radical (unpaired) electrons. The number of H-pyrrole nitrogens is 1. The van der Waals surface area contributed by atoms with Crippen LogP contribution in [0, 0.1) is 11.7 Å². The van der Waals surface area contributed by atoms with Crippen LogP contribution in [0.4, 0.5) is 0 Å². The molecule has 0 saturated heterocycles. The molecule has 0 spiro atoms. The Hall–Kier alpha value is -1.10. The van der Waals surface area contributed by atoms with E-state index in [9.17, 15) is 0 Å². The Morgan fingerprint density at radius 2 is 2.06 bits per heavy atom. The Balaban J connectivity index is 2.20. The summed E-state index contributed by atoms with van der Waals surface area (Å²) in [6, 6.07) is 0.557. The summed E-state index contributed by atoms with van der Waals surface area (Å²) in [6.45, 7) is 5.07. The van der Waals surface area contributed by atoms with Crippen molar-refractivity contribution >= 4 is 23.4 Å². The molecule has 5 heteroatoms. The van der Waals surface area contributed by atoms with E-state index >= 15 is 0 Å². The minimum atomic E-state index is 0.557. The first-order chi connectivity index (χ1) is 8.72. The van der Waals surface area contributed by atoms with Gasteiger partial charge in [-0.15, -0.1) is 0 Å². The van der Waals surface area contributed by atoms with E-state index in [1.165, 1.54) is 37.8 Å². The van der Waals surface area contributed by atoms with Crippen LogP contribution in [0.5, 0.6) is 0 Å². The maximum atomic E-state index is 5.52. The number of hydrogen-bond donors (Lipinski definition) is 1. The molecular formula is C13H20N4S. The summed E-state index contributed by atoms with van der Waals surface area (Å²) >= 11 is 5.52. The molecule has 2 aromatic rings. The van der Waals surface area contributed by atoms with Gasteiger partial charge in [0.1, 0.15) is 5.52 Å². The molecule has 0 unspecified atom stereocenters. The van der Waals surface area contributed by atoms with Gasteiger partial charge in [-0.2, -0.15) is 5.10 Å². The quantitative estimate of drug-likeness (QED) is 0.839. The van der Waals surface area contributed by atoms with Gasteiger partial charge in [0, 0.05) is 12.6 Å². The third kappa shape index (κ3) is 1.72. The molecule has 18 heavy (non-hydrogen) atoms. The van der Waals surface area contributed by atoms with Gasteiger partial charge in [-0.3, -0.25) is 4.57 Å². The third-order valence-corrected chi connectivity index (χ3v) is 4.32. The predicted molar refractivity (Wildman–Crippen MR) is 75.4 cm³/mol. The molecule has 0 atom stereocenters. The van der Waals surface area contributed by atoms with Gasteiger partial charge in [0.15, 0.2) is 10.4 Å². The molecule has 1 aliphatic carbocycles. The summed E-state index contributed by atoms with van der Waals surface area (Å²) in [6.07, 6.45) is 6.49. The highest BCUT2D eigenvalue weighted by Gasteiger charge is 2.21. The number of nitrogens with one attached hydrogen (secondary N) is 1. The topological polar surface area (TPSA) is 38.5 Å². The van der Waals surface area contributed by atoms with Crippen molar-refractivity contribution < 1.29 is 0 Å². The lowest BCUT2D eigenvalue weighted by atomic mass is 9.95. The van der Waals surface area contributed by atoms with Gasteiger partial charge in [0.2, 0.25) is 0 Å². The summed E-state index contributed by atoms with van der Waals surface area (Å²) in [5, 5.41) is 4.58. The molecule has 0 bridgehead atoms. The van der Waals surface area contributed by atoms with E-state index in [0.29, 0.717) is 6.04 Å². The maximum absolute atomic E-state index is 5.52. The van der Waals surface area contributed by atoms with Crippen molar-refractivity contribution in [1.82, 2.24) is 19.3 Å². The molecule has 98 valence electrons. The summed E-state index contributed by atoms with van der Waals surface area (Å²) in [7, 11) is 0. The van der Waals surface area contributed by atoms with Crippen LogP contribution >= 0.6 is 12.2 Å². The van der Waals surface area contributed by atoms with E-state index in [-0.39, 0.29) is 0 Å². The van der Waals surface area contributed by atoms with Crippen LogP contribution in [0.15, 0.2) is 0 Å². The molecule has 0 aromatic carbocycles. The monoisotopic (exact) mass is 264 g/mol. The highest BCUT2D eigenvalue weighted by atomic mass is 32.1. The molecular weight excluding hydrogens is 244 g/mol. The zero-order chi connectivity index (χ0) is 12.7. The second-order valence-electron chi connectivity index (χ2n) is 5.19. The molecule has 1 N–H and O–H groups in total. The molecule has 1 fully saturated rings. The number of imidazole rings is 1. The van der Waals surface area contributed by atoms with Crippen LogP contribution in [0.25, 0.3) is 11.2 Å². The number of aromatic nitrogens is 4. The predicted octanol–water partition coefficient (Wildman–Crippen LogP) is 3.73. The molecule has 0 amide bonds.